The molecular formula is C12H21N5O2. The molecule has 4 N–H and O–H groups in total. The van der Waals surface area contributed by atoms with Gasteiger partial charge in [-0.1, -0.05) is 6.92 Å². The number of anilines is 2. The minimum Gasteiger partial charge on any atom is -0.467 e. The number of methoxy groups -OCH3 is 1. The van der Waals surface area contributed by atoms with Gasteiger partial charge in [-0.2, -0.15) is 15.0 Å². The van der Waals surface area contributed by atoms with Gasteiger partial charge in [0.2, 0.25) is 11.9 Å². The van der Waals surface area contributed by atoms with Gasteiger partial charge in [-0.15, -0.1) is 0 Å². The number of nitrogen functional groups attached to an aromatic ring is 1. The fourth-order valence-corrected chi connectivity index (χ4v) is 2.39. The molecule has 0 aliphatic heterocycles. The van der Waals surface area contributed by atoms with Gasteiger partial charge in [-0.25, -0.2) is 0 Å². The van der Waals surface area contributed by atoms with E-state index in [-0.39, 0.29) is 24.1 Å². The fourth-order valence-electron chi connectivity index (χ4n) is 2.39. The molecule has 0 unspecified atom stereocenters. The SMILES string of the molecule is COc1nc(N)nc(NC2(CO)CCC(C)CC2)n1. The topological polar surface area (TPSA) is 106 Å². The number of aliphatic hydroxyl groups is 1. The molecule has 7 nitrogen and oxygen atoms in total. The third-order valence-electron chi connectivity index (χ3n) is 3.73. The van der Waals surface area contributed by atoms with E-state index in [1.807, 2.05) is 0 Å². The summed E-state index contributed by atoms with van der Waals surface area (Å²) in [5.74, 6) is 1.15. The van der Waals surface area contributed by atoms with E-state index < -0.39 is 0 Å². The number of aromatic nitrogens is 3. The van der Waals surface area contributed by atoms with Crippen molar-refractivity contribution >= 4 is 11.9 Å². The first-order valence-electron chi connectivity index (χ1n) is 6.51. The van der Waals surface area contributed by atoms with Crippen molar-refractivity contribution in [3.05, 3.63) is 0 Å². The number of rotatable bonds is 4. The first-order valence-corrected chi connectivity index (χ1v) is 6.51. The largest absolute Gasteiger partial charge is 0.467 e. The maximum atomic E-state index is 9.69. The van der Waals surface area contributed by atoms with E-state index in [0.29, 0.717) is 11.9 Å². The van der Waals surface area contributed by atoms with E-state index in [9.17, 15) is 5.11 Å². The van der Waals surface area contributed by atoms with Crippen LogP contribution in [-0.2, 0) is 0 Å². The Labute approximate surface area is 112 Å². The highest BCUT2D eigenvalue weighted by molar-refractivity contribution is 5.36. The van der Waals surface area contributed by atoms with Crippen LogP contribution in [0.25, 0.3) is 0 Å². The molecule has 0 radical (unpaired) electrons. The summed E-state index contributed by atoms with van der Waals surface area (Å²) in [6.45, 7) is 2.28. The van der Waals surface area contributed by atoms with Gasteiger partial charge in [0, 0.05) is 0 Å². The summed E-state index contributed by atoms with van der Waals surface area (Å²) >= 11 is 0. The second kappa shape index (κ2) is 5.56. The number of hydrogen-bond donors (Lipinski definition) is 3. The van der Waals surface area contributed by atoms with E-state index in [2.05, 4.69) is 27.2 Å². The first kappa shape index (κ1) is 13.8. The van der Waals surface area contributed by atoms with Gasteiger partial charge in [0.1, 0.15) is 0 Å². The third-order valence-corrected chi connectivity index (χ3v) is 3.73. The van der Waals surface area contributed by atoms with Crippen LogP contribution in [0.3, 0.4) is 0 Å². The maximum absolute atomic E-state index is 9.69. The Morgan fingerprint density at radius 3 is 2.63 bits per heavy atom. The number of aliphatic hydroxyl groups excluding tert-OH is 1. The number of ether oxygens (including phenoxy) is 1. The van der Waals surface area contributed by atoms with Gasteiger partial charge < -0.3 is 20.9 Å². The van der Waals surface area contributed by atoms with Crippen LogP contribution in [0.5, 0.6) is 6.01 Å². The lowest BCUT2D eigenvalue weighted by molar-refractivity contribution is 0.154. The molecular weight excluding hydrogens is 246 g/mol. The molecule has 106 valence electrons. The Morgan fingerprint density at radius 2 is 2.05 bits per heavy atom. The summed E-state index contributed by atoms with van der Waals surface area (Å²) in [6, 6.07) is 0.173. The predicted octanol–water partition coefficient (Wildman–Crippen LogP) is 0.815. The second-order valence-corrected chi connectivity index (χ2v) is 5.25. The van der Waals surface area contributed by atoms with Crippen LogP contribution in [0.2, 0.25) is 0 Å². The van der Waals surface area contributed by atoms with Gasteiger partial charge in [0.25, 0.3) is 0 Å². The zero-order chi connectivity index (χ0) is 13.9. The number of nitrogens with one attached hydrogen (secondary N) is 1. The van der Waals surface area contributed by atoms with Gasteiger partial charge in [0.05, 0.1) is 19.3 Å². The van der Waals surface area contributed by atoms with E-state index in [0.717, 1.165) is 25.7 Å². The monoisotopic (exact) mass is 267 g/mol. The highest BCUT2D eigenvalue weighted by Crippen LogP contribution is 2.33. The standard InChI is InChI=1S/C12H21N5O2/c1-8-3-5-12(7-18,6-4-8)17-10-14-9(13)15-11(16-10)19-2/h8,18H,3-7H2,1-2H3,(H3,13,14,15,16,17). The molecule has 1 saturated carbocycles. The number of nitrogens with two attached hydrogens (primary N) is 1. The molecule has 1 heterocycles. The molecule has 19 heavy (non-hydrogen) atoms. The maximum Gasteiger partial charge on any atom is 0.322 e. The molecule has 0 saturated heterocycles. The van der Waals surface area contributed by atoms with E-state index in [1.54, 1.807) is 0 Å². The van der Waals surface area contributed by atoms with Crippen molar-refractivity contribution in [1.29, 1.82) is 0 Å². The van der Waals surface area contributed by atoms with Crippen molar-refractivity contribution in [3.63, 3.8) is 0 Å². The lowest BCUT2D eigenvalue weighted by Gasteiger charge is -2.38. The van der Waals surface area contributed by atoms with Crippen molar-refractivity contribution in [2.75, 3.05) is 24.8 Å². The lowest BCUT2D eigenvalue weighted by atomic mass is 9.77. The van der Waals surface area contributed by atoms with Crippen molar-refractivity contribution in [2.24, 2.45) is 5.92 Å². The Bertz CT molecular complexity index is 432. The molecule has 1 aromatic heterocycles. The number of hydrogen-bond acceptors (Lipinski definition) is 7. The molecule has 0 bridgehead atoms. The molecule has 0 aromatic carbocycles. The van der Waals surface area contributed by atoms with Crippen molar-refractivity contribution in [1.82, 2.24) is 15.0 Å². The summed E-state index contributed by atoms with van der Waals surface area (Å²) in [5, 5.41) is 12.9. The Morgan fingerprint density at radius 1 is 1.37 bits per heavy atom. The van der Waals surface area contributed by atoms with Crippen molar-refractivity contribution < 1.29 is 9.84 Å². The normalized spacial score (nSPS) is 27.0. The minimum absolute atomic E-state index is 0.0492. The van der Waals surface area contributed by atoms with Crippen LogP contribution in [0.4, 0.5) is 11.9 Å². The zero-order valence-electron chi connectivity index (χ0n) is 11.4. The summed E-state index contributed by atoms with van der Waals surface area (Å²) in [7, 11) is 1.47. The van der Waals surface area contributed by atoms with Crippen LogP contribution in [0.1, 0.15) is 32.6 Å². The van der Waals surface area contributed by atoms with Crippen LogP contribution in [0.15, 0.2) is 0 Å². The van der Waals surface area contributed by atoms with Crippen LogP contribution in [-0.4, -0.2) is 39.3 Å². The van der Waals surface area contributed by atoms with Gasteiger partial charge in [-0.05, 0) is 31.6 Å². The Balaban J connectivity index is 2.16. The van der Waals surface area contributed by atoms with E-state index >= 15 is 0 Å². The molecule has 1 aromatic rings. The van der Waals surface area contributed by atoms with Crippen LogP contribution in [0, 0.1) is 5.92 Å². The quantitative estimate of drug-likeness (QED) is 0.741. The Kier molecular flexibility index (Phi) is 4.04. The second-order valence-electron chi connectivity index (χ2n) is 5.25. The Hall–Kier alpha value is -1.63. The highest BCUT2D eigenvalue weighted by Gasteiger charge is 2.34. The van der Waals surface area contributed by atoms with Crippen molar-refractivity contribution in [2.45, 2.75) is 38.1 Å². The smallest absolute Gasteiger partial charge is 0.322 e. The molecule has 0 spiro atoms. The average molecular weight is 267 g/mol. The molecule has 0 atom stereocenters. The highest BCUT2D eigenvalue weighted by atomic mass is 16.5. The predicted molar refractivity (Wildman–Crippen MR) is 71.9 cm³/mol. The zero-order valence-corrected chi connectivity index (χ0v) is 11.4. The summed E-state index contributed by atoms with van der Waals surface area (Å²) in [4.78, 5) is 12.0. The molecule has 2 rings (SSSR count). The molecule has 7 heteroatoms. The summed E-state index contributed by atoms with van der Waals surface area (Å²) in [5.41, 5.74) is 5.23. The fraction of sp³-hybridized carbons (Fsp3) is 0.750. The molecule has 1 aliphatic carbocycles. The van der Waals surface area contributed by atoms with Crippen LogP contribution >= 0.6 is 0 Å². The van der Waals surface area contributed by atoms with Gasteiger partial charge in [0.15, 0.2) is 0 Å². The van der Waals surface area contributed by atoms with Gasteiger partial charge >= 0.3 is 6.01 Å². The molecule has 1 fully saturated rings. The lowest BCUT2D eigenvalue weighted by Crippen LogP contribution is -2.45. The number of nitrogens with zero attached hydrogens (tertiary/aromatic N) is 3. The van der Waals surface area contributed by atoms with Crippen LogP contribution < -0.4 is 15.8 Å². The third kappa shape index (κ3) is 3.23. The summed E-state index contributed by atoms with van der Waals surface area (Å²) in [6.07, 6.45) is 3.92. The first-order chi connectivity index (χ1) is 9.07. The van der Waals surface area contributed by atoms with Gasteiger partial charge in [-0.3, -0.25) is 0 Å². The minimum atomic E-state index is -0.370. The summed E-state index contributed by atoms with van der Waals surface area (Å²) < 4.78 is 4.96. The van der Waals surface area contributed by atoms with E-state index in [1.165, 1.54) is 7.11 Å². The molecule has 1 aliphatic rings. The average Bonchev–Trinajstić information content (AvgIpc) is 2.41. The molecule has 0 amide bonds. The van der Waals surface area contributed by atoms with E-state index in [4.69, 9.17) is 10.5 Å². The van der Waals surface area contributed by atoms with Crippen molar-refractivity contribution in [3.8, 4) is 6.01 Å².